The van der Waals surface area contributed by atoms with Crippen molar-refractivity contribution in [2.45, 2.75) is 6.42 Å². The van der Waals surface area contributed by atoms with Crippen LogP contribution in [0, 0.1) is 0 Å². The van der Waals surface area contributed by atoms with Crippen LogP contribution in [0.1, 0.15) is 11.3 Å². The fourth-order valence-electron chi connectivity index (χ4n) is 3.66. The summed E-state index contributed by atoms with van der Waals surface area (Å²) in [6.07, 6.45) is 2.48. The molecule has 0 spiro atoms. The molecule has 4 rings (SSSR count). The van der Waals surface area contributed by atoms with Gasteiger partial charge >= 0.3 is 0 Å². The molecule has 2 heterocycles. The van der Waals surface area contributed by atoms with E-state index in [1.165, 1.54) is 13.1 Å². The number of benzene rings is 2. The number of nitrogens with zero attached hydrogens (tertiary/aromatic N) is 2. The smallest absolute Gasteiger partial charge is 0.161 e. The Morgan fingerprint density at radius 1 is 0.812 bits per heavy atom. The number of nitrogens with one attached hydrogen (secondary N) is 1. The van der Waals surface area contributed by atoms with Gasteiger partial charge in [-0.05, 0) is 48.3 Å². The van der Waals surface area contributed by atoms with Crippen molar-refractivity contribution >= 4 is 10.8 Å². The monoisotopic (exact) mass is 439 g/mol. The molecule has 1 fully saturated rings. The van der Waals surface area contributed by atoms with Crippen molar-refractivity contribution in [2.75, 3.05) is 61.7 Å². The van der Waals surface area contributed by atoms with Gasteiger partial charge in [0, 0.05) is 44.2 Å². The van der Waals surface area contributed by atoms with Gasteiger partial charge in [0.25, 0.3) is 0 Å². The Labute approximate surface area is 190 Å². The lowest BCUT2D eigenvalue weighted by Crippen LogP contribution is -2.40. The van der Waals surface area contributed by atoms with Crippen LogP contribution >= 0.6 is 0 Å². The first-order chi connectivity index (χ1) is 15.6. The van der Waals surface area contributed by atoms with E-state index in [4.69, 9.17) is 18.9 Å². The molecule has 32 heavy (non-hydrogen) atoms. The molecule has 172 valence electrons. The third-order valence-electron chi connectivity index (χ3n) is 5.51. The summed E-state index contributed by atoms with van der Waals surface area (Å²) in [6, 6.07) is 11.8. The SMILES string of the molecule is CN1CCNCC1.COc1ccc(Cc2nccc3cc(OC)c(OC)cc23)cc1OC. The Balaban J connectivity index is 0.000000352. The fraction of sp³-hybridized carbons (Fsp3) is 0.400. The van der Waals surface area contributed by atoms with E-state index in [9.17, 15) is 0 Å². The highest BCUT2D eigenvalue weighted by Gasteiger charge is 2.12. The quantitative estimate of drug-likeness (QED) is 0.632. The lowest BCUT2D eigenvalue weighted by molar-refractivity contribution is 0.291. The van der Waals surface area contributed by atoms with Gasteiger partial charge in [0.05, 0.1) is 34.1 Å². The summed E-state index contributed by atoms with van der Waals surface area (Å²) >= 11 is 0. The number of likely N-dealkylation sites (N-methyl/N-ethyl adjacent to an activating group) is 1. The summed E-state index contributed by atoms with van der Waals surface area (Å²) in [4.78, 5) is 6.89. The van der Waals surface area contributed by atoms with Crippen LogP contribution in [0.25, 0.3) is 10.8 Å². The van der Waals surface area contributed by atoms with E-state index >= 15 is 0 Å². The molecule has 1 N–H and O–H groups in total. The van der Waals surface area contributed by atoms with Gasteiger partial charge in [-0.25, -0.2) is 0 Å². The Hall–Kier alpha value is -3.03. The van der Waals surface area contributed by atoms with Crippen molar-refractivity contribution < 1.29 is 18.9 Å². The van der Waals surface area contributed by atoms with Gasteiger partial charge in [-0.3, -0.25) is 4.98 Å². The molecular formula is C25H33N3O4. The second-order valence-corrected chi connectivity index (χ2v) is 7.61. The van der Waals surface area contributed by atoms with Crippen molar-refractivity contribution in [3.05, 3.63) is 53.9 Å². The third kappa shape index (κ3) is 5.81. The molecule has 0 bridgehead atoms. The number of pyridine rings is 1. The van der Waals surface area contributed by atoms with Gasteiger partial charge in [0.15, 0.2) is 23.0 Å². The van der Waals surface area contributed by atoms with Crippen molar-refractivity contribution in [3.63, 3.8) is 0 Å². The van der Waals surface area contributed by atoms with Gasteiger partial charge in [-0.1, -0.05) is 6.07 Å². The van der Waals surface area contributed by atoms with E-state index in [-0.39, 0.29) is 0 Å². The van der Waals surface area contributed by atoms with Crippen molar-refractivity contribution in [1.29, 1.82) is 0 Å². The Kier molecular flexibility index (Phi) is 8.53. The number of hydrogen-bond acceptors (Lipinski definition) is 7. The molecule has 0 aliphatic carbocycles. The number of fused-ring (bicyclic) bond motifs is 1. The van der Waals surface area contributed by atoms with Crippen LogP contribution in [-0.2, 0) is 6.42 Å². The van der Waals surface area contributed by atoms with Crippen LogP contribution in [0.3, 0.4) is 0 Å². The molecule has 0 atom stereocenters. The lowest BCUT2D eigenvalue weighted by atomic mass is 10.0. The van der Waals surface area contributed by atoms with Crippen LogP contribution in [0.5, 0.6) is 23.0 Å². The molecule has 7 heteroatoms. The summed E-state index contributed by atoms with van der Waals surface area (Å²) in [5.41, 5.74) is 2.05. The van der Waals surface area contributed by atoms with Crippen LogP contribution in [0.15, 0.2) is 42.6 Å². The number of ether oxygens (including phenoxy) is 4. The molecule has 0 unspecified atom stereocenters. The average molecular weight is 440 g/mol. The molecule has 1 aliphatic rings. The number of aromatic nitrogens is 1. The second kappa shape index (κ2) is 11.5. The molecule has 0 amide bonds. The minimum atomic E-state index is 0.674. The van der Waals surface area contributed by atoms with E-state index in [1.54, 1.807) is 28.4 Å². The molecule has 1 saturated heterocycles. The second-order valence-electron chi connectivity index (χ2n) is 7.61. The summed E-state index contributed by atoms with van der Waals surface area (Å²) in [5.74, 6) is 2.82. The maximum absolute atomic E-state index is 5.43. The summed E-state index contributed by atoms with van der Waals surface area (Å²) in [6.45, 7) is 4.74. The zero-order valence-electron chi connectivity index (χ0n) is 19.6. The van der Waals surface area contributed by atoms with Crippen LogP contribution in [-0.4, -0.2) is 71.5 Å². The van der Waals surface area contributed by atoms with Crippen LogP contribution in [0.2, 0.25) is 0 Å². The Bertz CT molecular complexity index is 1020. The zero-order valence-corrected chi connectivity index (χ0v) is 19.6. The van der Waals surface area contributed by atoms with E-state index in [0.29, 0.717) is 29.4 Å². The highest BCUT2D eigenvalue weighted by molar-refractivity contribution is 5.88. The van der Waals surface area contributed by atoms with Crippen molar-refractivity contribution in [1.82, 2.24) is 15.2 Å². The summed E-state index contributed by atoms with van der Waals surface area (Å²) in [7, 11) is 8.68. The first-order valence-electron chi connectivity index (χ1n) is 10.7. The third-order valence-corrected chi connectivity index (χ3v) is 5.51. The minimum absolute atomic E-state index is 0.674. The first-order valence-corrected chi connectivity index (χ1v) is 10.7. The number of piperazine rings is 1. The first kappa shape index (κ1) is 23.6. The topological polar surface area (TPSA) is 65.1 Å². The summed E-state index contributed by atoms with van der Waals surface area (Å²) in [5, 5.41) is 5.37. The predicted octanol–water partition coefficient (Wildman–Crippen LogP) is 3.38. The molecule has 0 saturated carbocycles. The predicted molar refractivity (Wildman–Crippen MR) is 128 cm³/mol. The molecule has 1 aliphatic heterocycles. The van der Waals surface area contributed by atoms with Gasteiger partial charge in [0.2, 0.25) is 0 Å². The Morgan fingerprint density at radius 2 is 1.44 bits per heavy atom. The van der Waals surface area contributed by atoms with E-state index in [1.807, 2.05) is 42.6 Å². The number of hydrogen-bond donors (Lipinski definition) is 1. The highest BCUT2D eigenvalue weighted by atomic mass is 16.5. The average Bonchev–Trinajstić information content (AvgIpc) is 2.84. The van der Waals surface area contributed by atoms with Gasteiger partial charge in [-0.15, -0.1) is 0 Å². The van der Waals surface area contributed by atoms with E-state index < -0.39 is 0 Å². The normalized spacial score (nSPS) is 13.8. The van der Waals surface area contributed by atoms with Gasteiger partial charge in [0.1, 0.15) is 0 Å². The maximum atomic E-state index is 5.43. The van der Waals surface area contributed by atoms with Crippen LogP contribution < -0.4 is 24.3 Å². The molecule has 2 aromatic carbocycles. The van der Waals surface area contributed by atoms with E-state index in [0.717, 1.165) is 35.1 Å². The highest BCUT2D eigenvalue weighted by Crippen LogP contribution is 2.34. The zero-order chi connectivity index (χ0) is 22.9. The Morgan fingerprint density at radius 3 is 2.03 bits per heavy atom. The van der Waals surface area contributed by atoms with E-state index in [2.05, 4.69) is 22.2 Å². The van der Waals surface area contributed by atoms with Crippen molar-refractivity contribution in [2.24, 2.45) is 0 Å². The van der Waals surface area contributed by atoms with Gasteiger partial charge < -0.3 is 29.2 Å². The molecule has 3 aromatic rings. The standard InChI is InChI=1S/C20H21NO4.C5H12N2/c1-22-17-6-5-13(10-18(17)23-2)9-16-15-12-20(25-4)19(24-3)11-14(15)7-8-21-16;1-7-4-2-6-3-5-7/h5-8,10-12H,9H2,1-4H3;6H,2-5H2,1H3. The molecular weight excluding hydrogens is 406 g/mol. The molecule has 7 nitrogen and oxygen atoms in total. The largest absolute Gasteiger partial charge is 0.493 e. The fourth-order valence-corrected chi connectivity index (χ4v) is 3.66. The number of rotatable bonds is 6. The van der Waals surface area contributed by atoms with Crippen LogP contribution in [0.4, 0.5) is 0 Å². The molecule has 1 aromatic heterocycles. The summed E-state index contributed by atoms with van der Waals surface area (Å²) < 4.78 is 21.5. The van der Waals surface area contributed by atoms with Gasteiger partial charge in [-0.2, -0.15) is 0 Å². The minimum Gasteiger partial charge on any atom is -0.493 e. The molecule has 0 radical (unpaired) electrons. The number of methoxy groups -OCH3 is 4. The maximum Gasteiger partial charge on any atom is 0.161 e. The lowest BCUT2D eigenvalue weighted by Gasteiger charge is -2.21. The van der Waals surface area contributed by atoms with Crippen molar-refractivity contribution in [3.8, 4) is 23.0 Å².